The fourth-order valence-corrected chi connectivity index (χ4v) is 3.55. The highest BCUT2D eigenvalue weighted by Crippen LogP contribution is 2.33. The van der Waals surface area contributed by atoms with Gasteiger partial charge in [-0.25, -0.2) is 24.9 Å². The van der Waals surface area contributed by atoms with E-state index in [0.717, 1.165) is 41.4 Å². The lowest BCUT2D eigenvalue weighted by Crippen LogP contribution is -2.35. The normalized spacial score (nSPS) is 15.7. The van der Waals surface area contributed by atoms with Gasteiger partial charge in [-0.15, -0.1) is 0 Å². The molecule has 29 heavy (non-hydrogen) atoms. The summed E-state index contributed by atoms with van der Waals surface area (Å²) in [5.74, 6) is 1.91. The van der Waals surface area contributed by atoms with Gasteiger partial charge in [-0.1, -0.05) is 0 Å². The van der Waals surface area contributed by atoms with Crippen molar-refractivity contribution in [3.05, 3.63) is 53.7 Å². The van der Waals surface area contributed by atoms with Crippen LogP contribution in [0.15, 0.2) is 36.8 Å². The monoisotopic (exact) mass is 389 g/mol. The molecule has 1 atom stereocenters. The summed E-state index contributed by atoms with van der Waals surface area (Å²) in [6, 6.07) is 5.72. The molecule has 0 spiro atoms. The van der Waals surface area contributed by atoms with E-state index < -0.39 is 0 Å². The Kier molecular flexibility index (Phi) is 4.92. The Bertz CT molecular complexity index is 1050. The lowest BCUT2D eigenvalue weighted by molar-refractivity contribution is -0.116. The molecule has 1 aliphatic heterocycles. The van der Waals surface area contributed by atoms with Crippen molar-refractivity contribution in [3.8, 4) is 11.6 Å². The molecule has 0 fully saturated rings. The molecule has 3 aromatic rings. The van der Waals surface area contributed by atoms with Crippen LogP contribution in [0.1, 0.15) is 36.8 Å². The number of nitrogens with zero attached hydrogens (tertiary/aromatic N) is 7. The molecule has 8 heteroatoms. The highest BCUT2D eigenvalue weighted by atomic mass is 16.2. The van der Waals surface area contributed by atoms with E-state index in [-0.39, 0.29) is 11.9 Å². The molecular formula is C21H23N7O. The third-order valence-electron chi connectivity index (χ3n) is 5.25. The maximum atomic E-state index is 11.8. The molecule has 1 aliphatic rings. The van der Waals surface area contributed by atoms with E-state index in [4.69, 9.17) is 9.97 Å². The van der Waals surface area contributed by atoms with E-state index in [0.29, 0.717) is 11.6 Å². The Morgan fingerprint density at radius 1 is 1.14 bits per heavy atom. The summed E-state index contributed by atoms with van der Waals surface area (Å²) in [5.41, 5.74) is 3.79. The summed E-state index contributed by atoms with van der Waals surface area (Å²) in [4.78, 5) is 38.1. The molecule has 1 unspecified atom stereocenters. The van der Waals surface area contributed by atoms with Crippen molar-refractivity contribution in [1.82, 2.24) is 24.9 Å². The number of rotatable bonds is 3. The first-order valence-electron chi connectivity index (χ1n) is 9.57. The molecule has 8 nitrogen and oxygen atoms in total. The van der Waals surface area contributed by atoms with Crippen LogP contribution in [-0.4, -0.2) is 44.4 Å². The summed E-state index contributed by atoms with van der Waals surface area (Å²) in [5, 5.41) is 0. The first-order valence-corrected chi connectivity index (χ1v) is 9.57. The van der Waals surface area contributed by atoms with Gasteiger partial charge >= 0.3 is 0 Å². The van der Waals surface area contributed by atoms with E-state index in [1.807, 2.05) is 25.3 Å². The molecule has 148 valence electrons. The Balaban J connectivity index is 1.66. The number of carbonyl (C=O) groups is 1. The van der Waals surface area contributed by atoms with Gasteiger partial charge < -0.3 is 9.80 Å². The zero-order valence-corrected chi connectivity index (χ0v) is 17.0. The van der Waals surface area contributed by atoms with Crippen molar-refractivity contribution in [2.24, 2.45) is 0 Å². The number of aryl methyl sites for hydroxylation is 1. The fourth-order valence-electron chi connectivity index (χ4n) is 3.55. The van der Waals surface area contributed by atoms with Gasteiger partial charge in [0, 0.05) is 68.5 Å². The van der Waals surface area contributed by atoms with E-state index in [1.54, 1.807) is 37.3 Å². The molecule has 0 saturated carbocycles. The zero-order chi connectivity index (χ0) is 20.5. The van der Waals surface area contributed by atoms with Crippen LogP contribution < -0.4 is 9.80 Å². The summed E-state index contributed by atoms with van der Waals surface area (Å²) in [6.45, 7) is 6.40. The number of hydrogen-bond donors (Lipinski definition) is 0. The van der Waals surface area contributed by atoms with Gasteiger partial charge in [-0.05, 0) is 26.0 Å². The third-order valence-corrected chi connectivity index (χ3v) is 5.25. The molecule has 1 amide bonds. The predicted molar refractivity (Wildman–Crippen MR) is 111 cm³/mol. The van der Waals surface area contributed by atoms with E-state index in [2.05, 4.69) is 26.8 Å². The van der Waals surface area contributed by atoms with Crippen LogP contribution >= 0.6 is 0 Å². The van der Waals surface area contributed by atoms with Crippen LogP contribution in [0.25, 0.3) is 11.6 Å². The minimum Gasteiger partial charge on any atom is -0.349 e. The predicted octanol–water partition coefficient (Wildman–Crippen LogP) is 2.74. The Labute approximate surface area is 169 Å². The van der Waals surface area contributed by atoms with Gasteiger partial charge in [-0.2, -0.15) is 0 Å². The van der Waals surface area contributed by atoms with Crippen molar-refractivity contribution in [2.75, 3.05) is 23.4 Å². The number of aromatic nitrogens is 5. The van der Waals surface area contributed by atoms with Crippen LogP contribution in [0.5, 0.6) is 0 Å². The molecule has 0 aromatic carbocycles. The van der Waals surface area contributed by atoms with Crippen molar-refractivity contribution in [1.29, 1.82) is 0 Å². The standard InChI is InChI=1S/C21H23N7O/c1-13-10-16(27(4)15(3)29)11-19(25-13)28-9-6-18-17(14(28)2)12-24-21(26-18)20-22-7-5-8-23-20/h5,7-8,10-12,14H,6,9H2,1-4H3. The van der Waals surface area contributed by atoms with Crippen LogP contribution in [0.2, 0.25) is 0 Å². The highest BCUT2D eigenvalue weighted by Gasteiger charge is 2.27. The van der Waals surface area contributed by atoms with Crippen LogP contribution in [0.3, 0.4) is 0 Å². The van der Waals surface area contributed by atoms with Gasteiger partial charge in [0.2, 0.25) is 5.91 Å². The van der Waals surface area contributed by atoms with Gasteiger partial charge in [0.1, 0.15) is 5.82 Å². The molecule has 4 heterocycles. The van der Waals surface area contributed by atoms with Crippen molar-refractivity contribution < 1.29 is 4.79 Å². The average Bonchev–Trinajstić information content (AvgIpc) is 2.73. The van der Waals surface area contributed by atoms with Gasteiger partial charge in [0.25, 0.3) is 0 Å². The minimum absolute atomic E-state index is 0.0114. The quantitative estimate of drug-likeness (QED) is 0.680. The summed E-state index contributed by atoms with van der Waals surface area (Å²) in [6.07, 6.45) is 6.02. The lowest BCUT2D eigenvalue weighted by Gasteiger charge is -2.36. The van der Waals surface area contributed by atoms with Gasteiger partial charge in [0.15, 0.2) is 11.6 Å². The molecule has 0 aliphatic carbocycles. The topological polar surface area (TPSA) is 88.0 Å². The third kappa shape index (κ3) is 3.65. The second kappa shape index (κ2) is 7.54. The molecule has 0 saturated heterocycles. The number of hydrogen-bond acceptors (Lipinski definition) is 7. The molecule has 0 bridgehead atoms. The van der Waals surface area contributed by atoms with E-state index >= 15 is 0 Å². The second-order valence-corrected chi connectivity index (χ2v) is 7.19. The first-order chi connectivity index (χ1) is 13.9. The first kappa shape index (κ1) is 18.9. The fraction of sp³-hybridized carbons (Fsp3) is 0.333. The summed E-state index contributed by atoms with van der Waals surface area (Å²) in [7, 11) is 1.77. The number of carbonyl (C=O) groups excluding carboxylic acids is 1. The number of fused-ring (bicyclic) bond motifs is 1. The van der Waals surface area contributed by atoms with Gasteiger partial charge in [0.05, 0.1) is 11.7 Å². The number of anilines is 2. The zero-order valence-electron chi connectivity index (χ0n) is 17.0. The Morgan fingerprint density at radius 2 is 1.90 bits per heavy atom. The Morgan fingerprint density at radius 3 is 2.62 bits per heavy atom. The second-order valence-electron chi connectivity index (χ2n) is 7.19. The SMILES string of the molecule is CC(=O)N(C)c1cc(C)nc(N2CCc3nc(-c4ncccn4)ncc3C2C)c1. The Hall–Kier alpha value is -3.42. The molecule has 0 N–H and O–H groups in total. The number of pyridine rings is 1. The molecule has 4 rings (SSSR count). The summed E-state index contributed by atoms with van der Waals surface area (Å²) >= 11 is 0. The minimum atomic E-state index is -0.0114. The average molecular weight is 389 g/mol. The van der Waals surface area contributed by atoms with Crippen molar-refractivity contribution in [3.63, 3.8) is 0 Å². The highest BCUT2D eigenvalue weighted by molar-refractivity contribution is 5.91. The van der Waals surface area contributed by atoms with Gasteiger partial charge in [-0.3, -0.25) is 4.79 Å². The number of amides is 1. The molecule has 0 radical (unpaired) electrons. The largest absolute Gasteiger partial charge is 0.349 e. The maximum absolute atomic E-state index is 11.8. The summed E-state index contributed by atoms with van der Waals surface area (Å²) < 4.78 is 0. The van der Waals surface area contributed by atoms with Crippen LogP contribution in [-0.2, 0) is 11.2 Å². The van der Waals surface area contributed by atoms with Crippen molar-refractivity contribution in [2.45, 2.75) is 33.2 Å². The lowest BCUT2D eigenvalue weighted by atomic mass is 9.99. The molecule has 3 aromatic heterocycles. The molecular weight excluding hydrogens is 366 g/mol. The van der Waals surface area contributed by atoms with Crippen molar-refractivity contribution >= 4 is 17.4 Å². The van der Waals surface area contributed by atoms with Crippen LogP contribution in [0.4, 0.5) is 11.5 Å². The smallest absolute Gasteiger partial charge is 0.223 e. The maximum Gasteiger partial charge on any atom is 0.223 e. The van der Waals surface area contributed by atoms with Crippen LogP contribution in [0, 0.1) is 6.92 Å². The van der Waals surface area contributed by atoms with E-state index in [1.165, 1.54) is 0 Å². The van der Waals surface area contributed by atoms with E-state index in [9.17, 15) is 4.79 Å².